The summed E-state index contributed by atoms with van der Waals surface area (Å²) in [5.41, 5.74) is 0. The van der Waals surface area contributed by atoms with Crippen LogP contribution >= 0.6 is 0 Å². The number of carbonyl (C=O) groups is 1. The van der Waals surface area contributed by atoms with Gasteiger partial charge >= 0.3 is 0 Å². The van der Waals surface area contributed by atoms with Crippen LogP contribution < -0.4 is 5.32 Å². The second kappa shape index (κ2) is 5.76. The molecule has 0 unspecified atom stereocenters. The number of piperazine rings is 1. The summed E-state index contributed by atoms with van der Waals surface area (Å²) in [5.74, 6) is 1.28. The molecular weight excluding hydrogens is 254 g/mol. The molecule has 0 bridgehead atoms. The predicted octanol–water partition coefficient (Wildman–Crippen LogP) is -0.408. The van der Waals surface area contributed by atoms with Crippen LogP contribution in [0.4, 0.5) is 0 Å². The van der Waals surface area contributed by atoms with Crippen LogP contribution in [0.1, 0.15) is 5.82 Å². The fraction of sp³-hybridized carbons (Fsp3) is 0.571. The van der Waals surface area contributed by atoms with Crippen molar-refractivity contribution < 1.29 is 4.79 Å². The fourth-order valence-electron chi connectivity index (χ4n) is 2.71. The van der Waals surface area contributed by atoms with E-state index in [9.17, 15) is 4.79 Å². The Hall–Kier alpha value is -1.66. The van der Waals surface area contributed by atoms with Gasteiger partial charge < -0.3 is 9.47 Å². The smallest absolute Gasteiger partial charge is 0.243 e. The Labute approximate surface area is 119 Å². The van der Waals surface area contributed by atoms with Crippen molar-refractivity contribution in [2.75, 3.05) is 32.7 Å². The first-order valence-electron chi connectivity index (χ1n) is 7.11. The molecule has 2 aliphatic heterocycles. The predicted molar refractivity (Wildman–Crippen MR) is 76.0 cm³/mol. The number of amides is 1. The topological polar surface area (TPSA) is 53.4 Å². The maximum atomic E-state index is 12.3. The second-order valence-electron chi connectivity index (χ2n) is 5.37. The van der Waals surface area contributed by atoms with Crippen molar-refractivity contribution >= 4 is 5.91 Å². The summed E-state index contributed by atoms with van der Waals surface area (Å²) >= 11 is 0. The highest BCUT2D eigenvalue weighted by Crippen LogP contribution is 2.09. The van der Waals surface area contributed by atoms with Crippen LogP contribution in [0, 0.1) is 0 Å². The number of rotatable bonds is 3. The number of hydrogen-bond donors (Lipinski definition) is 1. The monoisotopic (exact) mass is 275 g/mol. The number of imidazole rings is 1. The zero-order chi connectivity index (χ0) is 13.9. The van der Waals surface area contributed by atoms with Crippen LogP contribution in [0.15, 0.2) is 24.5 Å². The minimum absolute atomic E-state index is 0.115. The minimum atomic E-state index is -0.115. The Balaban J connectivity index is 1.50. The van der Waals surface area contributed by atoms with Gasteiger partial charge in [0.1, 0.15) is 11.9 Å². The molecule has 1 N–H and O–H groups in total. The van der Waals surface area contributed by atoms with E-state index in [1.807, 2.05) is 41.1 Å². The first kappa shape index (κ1) is 13.3. The Kier molecular flexibility index (Phi) is 3.84. The lowest BCUT2D eigenvalue weighted by molar-refractivity contribution is -0.133. The summed E-state index contributed by atoms with van der Waals surface area (Å²) < 4.78 is 2.05. The molecule has 0 spiro atoms. The zero-order valence-corrected chi connectivity index (χ0v) is 11.8. The van der Waals surface area contributed by atoms with Crippen LogP contribution in [-0.2, 0) is 18.4 Å². The highest BCUT2D eigenvalue weighted by atomic mass is 16.2. The molecule has 0 aliphatic carbocycles. The molecule has 1 atom stereocenters. The van der Waals surface area contributed by atoms with Gasteiger partial charge in [-0.05, 0) is 0 Å². The highest BCUT2D eigenvalue weighted by Gasteiger charge is 2.27. The Morgan fingerprint density at radius 1 is 1.40 bits per heavy atom. The standard InChI is InChI=1S/C14H21N5O/c1-17-6-5-16-13(17)11-18-7-9-19(10-8-18)14(20)12-3-2-4-15-12/h2-3,5-6,12,15H,4,7-11H2,1H3/t12-/m0/s1. The van der Waals surface area contributed by atoms with E-state index in [0.29, 0.717) is 0 Å². The van der Waals surface area contributed by atoms with Gasteiger partial charge in [-0.2, -0.15) is 0 Å². The number of hydrogen-bond acceptors (Lipinski definition) is 4. The minimum Gasteiger partial charge on any atom is -0.338 e. The van der Waals surface area contributed by atoms with Crippen LogP contribution in [0.2, 0.25) is 0 Å². The largest absolute Gasteiger partial charge is 0.338 e. The van der Waals surface area contributed by atoms with Gasteiger partial charge in [0.2, 0.25) is 5.91 Å². The lowest BCUT2D eigenvalue weighted by Crippen LogP contribution is -2.52. The van der Waals surface area contributed by atoms with Crippen LogP contribution in [-0.4, -0.2) is 64.0 Å². The number of aryl methyl sites for hydroxylation is 1. The van der Waals surface area contributed by atoms with E-state index >= 15 is 0 Å². The molecule has 20 heavy (non-hydrogen) atoms. The zero-order valence-electron chi connectivity index (χ0n) is 11.8. The van der Waals surface area contributed by atoms with Gasteiger partial charge in [-0.1, -0.05) is 12.2 Å². The normalized spacial score (nSPS) is 23.4. The maximum Gasteiger partial charge on any atom is 0.243 e. The van der Waals surface area contributed by atoms with Crippen LogP contribution in [0.25, 0.3) is 0 Å². The van der Waals surface area contributed by atoms with Gasteiger partial charge in [-0.3, -0.25) is 15.0 Å². The van der Waals surface area contributed by atoms with Gasteiger partial charge in [-0.15, -0.1) is 0 Å². The van der Waals surface area contributed by atoms with Crippen molar-refractivity contribution in [2.45, 2.75) is 12.6 Å². The molecule has 3 rings (SSSR count). The average Bonchev–Trinajstić information content (AvgIpc) is 3.12. The van der Waals surface area contributed by atoms with E-state index in [4.69, 9.17) is 0 Å². The molecule has 1 saturated heterocycles. The SMILES string of the molecule is Cn1ccnc1CN1CCN(C(=O)[C@@H]2C=CCN2)CC1. The molecule has 3 heterocycles. The van der Waals surface area contributed by atoms with Crippen molar-refractivity contribution in [1.29, 1.82) is 0 Å². The van der Waals surface area contributed by atoms with Gasteiger partial charge in [-0.25, -0.2) is 4.98 Å². The molecular formula is C14H21N5O. The number of nitrogens with zero attached hydrogens (tertiary/aromatic N) is 4. The van der Waals surface area contributed by atoms with Gasteiger partial charge in [0.05, 0.1) is 6.54 Å². The molecule has 1 amide bonds. The summed E-state index contributed by atoms with van der Waals surface area (Å²) in [7, 11) is 2.01. The van der Waals surface area contributed by atoms with Crippen LogP contribution in [0.3, 0.4) is 0 Å². The number of carbonyl (C=O) groups excluding carboxylic acids is 1. The second-order valence-corrected chi connectivity index (χ2v) is 5.37. The fourth-order valence-corrected chi connectivity index (χ4v) is 2.71. The lowest BCUT2D eigenvalue weighted by Gasteiger charge is -2.35. The first-order valence-corrected chi connectivity index (χ1v) is 7.11. The molecule has 0 radical (unpaired) electrons. The van der Waals surface area contributed by atoms with E-state index < -0.39 is 0 Å². The van der Waals surface area contributed by atoms with E-state index in [0.717, 1.165) is 45.1 Å². The Morgan fingerprint density at radius 2 is 2.20 bits per heavy atom. The van der Waals surface area contributed by atoms with Crippen molar-refractivity contribution in [3.63, 3.8) is 0 Å². The molecule has 108 valence electrons. The highest BCUT2D eigenvalue weighted by molar-refractivity contribution is 5.84. The van der Waals surface area contributed by atoms with Crippen molar-refractivity contribution in [2.24, 2.45) is 7.05 Å². The molecule has 1 aromatic rings. The van der Waals surface area contributed by atoms with E-state index in [1.54, 1.807) is 0 Å². The van der Waals surface area contributed by atoms with Gasteiger partial charge in [0.25, 0.3) is 0 Å². The summed E-state index contributed by atoms with van der Waals surface area (Å²) in [6.07, 6.45) is 7.77. The van der Waals surface area contributed by atoms with Crippen molar-refractivity contribution in [3.8, 4) is 0 Å². The average molecular weight is 275 g/mol. The molecule has 1 fully saturated rings. The third kappa shape index (κ3) is 2.76. The van der Waals surface area contributed by atoms with Crippen LogP contribution in [0.5, 0.6) is 0 Å². The molecule has 6 nitrogen and oxygen atoms in total. The summed E-state index contributed by atoms with van der Waals surface area (Å²) in [6.45, 7) is 5.08. The summed E-state index contributed by atoms with van der Waals surface area (Å²) in [4.78, 5) is 20.9. The van der Waals surface area contributed by atoms with Crippen molar-refractivity contribution in [3.05, 3.63) is 30.4 Å². The Bertz CT molecular complexity index is 501. The number of nitrogens with one attached hydrogen (secondary N) is 1. The lowest BCUT2D eigenvalue weighted by atomic mass is 10.2. The van der Waals surface area contributed by atoms with E-state index in [-0.39, 0.29) is 11.9 Å². The molecule has 1 aromatic heterocycles. The molecule has 0 aromatic carbocycles. The van der Waals surface area contributed by atoms with E-state index in [1.165, 1.54) is 0 Å². The van der Waals surface area contributed by atoms with Gasteiger partial charge in [0.15, 0.2) is 0 Å². The maximum absolute atomic E-state index is 12.3. The third-order valence-corrected chi connectivity index (χ3v) is 4.02. The molecule has 0 saturated carbocycles. The Morgan fingerprint density at radius 3 is 2.80 bits per heavy atom. The van der Waals surface area contributed by atoms with Gasteiger partial charge in [0, 0.05) is 52.2 Å². The van der Waals surface area contributed by atoms with E-state index in [2.05, 4.69) is 15.2 Å². The van der Waals surface area contributed by atoms with Crippen molar-refractivity contribution in [1.82, 2.24) is 24.7 Å². The molecule has 6 heteroatoms. The number of aromatic nitrogens is 2. The molecule has 2 aliphatic rings. The first-order chi connectivity index (χ1) is 9.74. The summed E-state index contributed by atoms with van der Waals surface area (Å²) in [6, 6.07) is -0.115. The quantitative estimate of drug-likeness (QED) is 0.762. The third-order valence-electron chi connectivity index (χ3n) is 4.02. The summed E-state index contributed by atoms with van der Waals surface area (Å²) in [5, 5.41) is 3.18.